The largest absolute Gasteiger partial charge is 0.356 e. The fourth-order valence-electron chi connectivity index (χ4n) is 3.74. The Morgan fingerprint density at radius 2 is 2.09 bits per heavy atom. The van der Waals surface area contributed by atoms with Gasteiger partial charge in [-0.3, -0.25) is 4.79 Å². The summed E-state index contributed by atoms with van der Waals surface area (Å²) in [6.45, 7) is 4.51. The smallest absolute Gasteiger partial charge is 0.225 e. The van der Waals surface area contributed by atoms with Gasteiger partial charge in [-0.25, -0.2) is 9.97 Å². The molecule has 0 radical (unpaired) electrons. The quantitative estimate of drug-likeness (QED) is 0.928. The molecule has 1 aromatic heterocycles. The second kappa shape index (κ2) is 7.75. The number of hydrogen-bond acceptors (Lipinski definition) is 4. The summed E-state index contributed by atoms with van der Waals surface area (Å²) in [6, 6.07) is 1.90. The van der Waals surface area contributed by atoms with Crippen LogP contribution in [0.2, 0.25) is 0 Å². The molecule has 23 heavy (non-hydrogen) atoms. The average Bonchev–Trinajstić information content (AvgIpc) is 2.61. The minimum Gasteiger partial charge on any atom is -0.356 e. The number of anilines is 1. The third kappa shape index (κ3) is 4.43. The van der Waals surface area contributed by atoms with Gasteiger partial charge in [-0.1, -0.05) is 19.3 Å². The van der Waals surface area contributed by atoms with Crippen molar-refractivity contribution in [1.29, 1.82) is 0 Å². The summed E-state index contributed by atoms with van der Waals surface area (Å²) >= 11 is 0. The Hall–Kier alpha value is -1.65. The van der Waals surface area contributed by atoms with Crippen molar-refractivity contribution in [3.05, 3.63) is 18.0 Å². The first-order chi connectivity index (χ1) is 11.2. The molecule has 1 unspecified atom stereocenters. The van der Waals surface area contributed by atoms with Crippen molar-refractivity contribution in [2.24, 2.45) is 11.8 Å². The number of hydrogen-bond donors (Lipinski definition) is 1. The van der Waals surface area contributed by atoms with Gasteiger partial charge in [0, 0.05) is 31.5 Å². The van der Waals surface area contributed by atoms with Gasteiger partial charge in [0.15, 0.2) is 0 Å². The molecule has 0 spiro atoms. The van der Waals surface area contributed by atoms with Gasteiger partial charge >= 0.3 is 0 Å². The van der Waals surface area contributed by atoms with Gasteiger partial charge in [-0.05, 0) is 44.6 Å². The Morgan fingerprint density at radius 1 is 1.26 bits per heavy atom. The van der Waals surface area contributed by atoms with E-state index in [-0.39, 0.29) is 11.8 Å². The summed E-state index contributed by atoms with van der Waals surface area (Å²) in [5.41, 5.74) is 0.971. The van der Waals surface area contributed by atoms with E-state index >= 15 is 0 Å². The fraction of sp³-hybridized carbons (Fsp3) is 0.722. The van der Waals surface area contributed by atoms with Crippen LogP contribution in [0.25, 0.3) is 0 Å². The second-order valence-electron chi connectivity index (χ2n) is 7.03. The van der Waals surface area contributed by atoms with Crippen LogP contribution in [0.5, 0.6) is 0 Å². The third-order valence-electron chi connectivity index (χ3n) is 5.15. The summed E-state index contributed by atoms with van der Waals surface area (Å²) in [5.74, 6) is 1.73. The monoisotopic (exact) mass is 316 g/mol. The molecule has 1 saturated heterocycles. The highest BCUT2D eigenvalue weighted by molar-refractivity contribution is 5.79. The van der Waals surface area contributed by atoms with Crippen LogP contribution in [0.4, 0.5) is 5.95 Å². The summed E-state index contributed by atoms with van der Waals surface area (Å²) in [4.78, 5) is 23.5. The Balaban J connectivity index is 1.52. The van der Waals surface area contributed by atoms with Crippen molar-refractivity contribution >= 4 is 11.9 Å². The van der Waals surface area contributed by atoms with Crippen molar-refractivity contribution < 1.29 is 4.79 Å². The van der Waals surface area contributed by atoms with Gasteiger partial charge in [-0.2, -0.15) is 0 Å². The topological polar surface area (TPSA) is 58.1 Å². The van der Waals surface area contributed by atoms with Crippen LogP contribution in [0.1, 0.15) is 50.6 Å². The van der Waals surface area contributed by atoms with Crippen molar-refractivity contribution in [3.8, 4) is 0 Å². The number of rotatable bonds is 4. The van der Waals surface area contributed by atoms with Gasteiger partial charge < -0.3 is 10.2 Å². The molecule has 5 heteroatoms. The maximum Gasteiger partial charge on any atom is 0.225 e. The molecule has 1 N–H and O–H groups in total. The lowest BCUT2D eigenvalue weighted by Crippen LogP contribution is -2.44. The van der Waals surface area contributed by atoms with E-state index in [1.807, 2.05) is 13.0 Å². The Kier molecular flexibility index (Phi) is 5.47. The van der Waals surface area contributed by atoms with Gasteiger partial charge in [0.05, 0.1) is 5.92 Å². The number of carbonyl (C=O) groups is 1. The molecule has 1 aromatic rings. The normalized spacial score (nSPS) is 22.8. The predicted molar refractivity (Wildman–Crippen MR) is 91.3 cm³/mol. The first-order valence-corrected chi connectivity index (χ1v) is 9.04. The highest BCUT2D eigenvalue weighted by Crippen LogP contribution is 2.24. The molecular weight excluding hydrogens is 288 g/mol. The first-order valence-electron chi connectivity index (χ1n) is 9.04. The molecule has 3 rings (SSSR count). The van der Waals surface area contributed by atoms with Crippen molar-refractivity contribution in [2.45, 2.75) is 51.9 Å². The van der Waals surface area contributed by atoms with E-state index < -0.39 is 0 Å². The maximum absolute atomic E-state index is 12.5. The molecule has 1 saturated carbocycles. The number of amides is 1. The molecule has 2 aliphatic rings. The van der Waals surface area contributed by atoms with Gasteiger partial charge in [0.2, 0.25) is 11.9 Å². The molecule has 1 amide bonds. The maximum atomic E-state index is 12.5. The molecule has 0 aromatic carbocycles. The number of aryl methyl sites for hydroxylation is 1. The Labute approximate surface area is 138 Å². The molecule has 2 heterocycles. The Bertz CT molecular complexity index is 528. The fourth-order valence-corrected chi connectivity index (χ4v) is 3.74. The zero-order chi connectivity index (χ0) is 16.1. The zero-order valence-electron chi connectivity index (χ0n) is 14.1. The van der Waals surface area contributed by atoms with Gasteiger partial charge in [-0.15, -0.1) is 0 Å². The van der Waals surface area contributed by atoms with Crippen LogP contribution in [0.3, 0.4) is 0 Å². The second-order valence-corrected chi connectivity index (χ2v) is 7.03. The number of nitrogens with one attached hydrogen (secondary N) is 1. The standard InChI is InChI=1S/C18H28N4O/c1-14-9-10-19-18(21-14)22-11-5-8-16(13-22)17(23)20-12-15-6-3-2-4-7-15/h9-10,15-16H,2-8,11-13H2,1H3,(H,20,23). The van der Waals surface area contributed by atoms with Gasteiger partial charge in [0.1, 0.15) is 0 Å². The van der Waals surface area contributed by atoms with Crippen molar-refractivity contribution in [3.63, 3.8) is 0 Å². The first kappa shape index (κ1) is 16.2. The molecular formula is C18H28N4O. The molecule has 1 atom stereocenters. The lowest BCUT2D eigenvalue weighted by molar-refractivity contribution is -0.125. The van der Waals surface area contributed by atoms with E-state index in [1.165, 1.54) is 32.1 Å². The number of carbonyl (C=O) groups excluding carboxylic acids is 1. The summed E-state index contributed by atoms with van der Waals surface area (Å²) in [5, 5.41) is 3.20. The lowest BCUT2D eigenvalue weighted by atomic mass is 9.89. The van der Waals surface area contributed by atoms with E-state index in [2.05, 4.69) is 20.2 Å². The van der Waals surface area contributed by atoms with E-state index in [9.17, 15) is 4.79 Å². The van der Waals surface area contributed by atoms with Crippen LogP contribution < -0.4 is 10.2 Å². The third-order valence-corrected chi connectivity index (χ3v) is 5.15. The molecule has 0 bridgehead atoms. The SMILES string of the molecule is Cc1ccnc(N2CCCC(C(=O)NCC3CCCCC3)C2)n1. The molecule has 1 aliphatic heterocycles. The zero-order valence-corrected chi connectivity index (χ0v) is 14.1. The lowest BCUT2D eigenvalue weighted by Gasteiger charge is -2.32. The van der Waals surface area contributed by atoms with E-state index in [0.29, 0.717) is 5.92 Å². The molecule has 126 valence electrons. The molecule has 5 nitrogen and oxygen atoms in total. The predicted octanol–water partition coefficient (Wildman–Crippen LogP) is 2.70. The van der Waals surface area contributed by atoms with Gasteiger partial charge in [0.25, 0.3) is 0 Å². The molecule has 1 aliphatic carbocycles. The number of aromatic nitrogens is 2. The molecule has 2 fully saturated rings. The summed E-state index contributed by atoms with van der Waals surface area (Å²) in [6.07, 6.45) is 10.3. The van der Waals surface area contributed by atoms with E-state index in [4.69, 9.17) is 0 Å². The highest BCUT2D eigenvalue weighted by atomic mass is 16.1. The van der Waals surface area contributed by atoms with Crippen LogP contribution in [0.15, 0.2) is 12.3 Å². The summed E-state index contributed by atoms with van der Waals surface area (Å²) in [7, 11) is 0. The number of piperidine rings is 1. The van der Waals surface area contributed by atoms with E-state index in [0.717, 1.165) is 44.1 Å². The number of nitrogens with zero attached hydrogens (tertiary/aromatic N) is 3. The average molecular weight is 316 g/mol. The summed E-state index contributed by atoms with van der Waals surface area (Å²) < 4.78 is 0. The minimum absolute atomic E-state index is 0.0662. The Morgan fingerprint density at radius 3 is 2.87 bits per heavy atom. The van der Waals surface area contributed by atoms with Crippen LogP contribution in [-0.2, 0) is 4.79 Å². The highest BCUT2D eigenvalue weighted by Gasteiger charge is 2.27. The minimum atomic E-state index is 0.0662. The van der Waals surface area contributed by atoms with Crippen molar-refractivity contribution in [2.75, 3.05) is 24.5 Å². The van der Waals surface area contributed by atoms with Crippen LogP contribution >= 0.6 is 0 Å². The van der Waals surface area contributed by atoms with Crippen LogP contribution in [-0.4, -0.2) is 35.5 Å². The van der Waals surface area contributed by atoms with Crippen molar-refractivity contribution in [1.82, 2.24) is 15.3 Å². The van der Waals surface area contributed by atoms with E-state index in [1.54, 1.807) is 6.20 Å². The van der Waals surface area contributed by atoms with Crippen LogP contribution in [0, 0.1) is 18.8 Å².